The van der Waals surface area contributed by atoms with Crippen LogP contribution in [-0.4, -0.2) is 27.8 Å². The Labute approximate surface area is 201 Å². The number of hydrogen-bond donors (Lipinski definition) is 1. The van der Waals surface area contributed by atoms with Crippen molar-refractivity contribution in [2.24, 2.45) is 0 Å². The second-order valence-corrected chi connectivity index (χ2v) is 8.97. The zero-order valence-electron chi connectivity index (χ0n) is 18.3. The molecule has 4 rings (SSSR count). The minimum Gasteiger partial charge on any atom is -0.355 e. The molecule has 3 aromatic carbocycles. The minimum atomic E-state index is -0.143. The van der Waals surface area contributed by atoms with Gasteiger partial charge in [-0.15, -0.1) is 0 Å². The van der Waals surface area contributed by atoms with Gasteiger partial charge in [0.15, 0.2) is 5.16 Å². The van der Waals surface area contributed by atoms with Crippen LogP contribution in [0.1, 0.15) is 18.1 Å². The van der Waals surface area contributed by atoms with Gasteiger partial charge in [-0.3, -0.25) is 14.2 Å². The third kappa shape index (κ3) is 5.64. The first kappa shape index (κ1) is 23.1. The van der Waals surface area contributed by atoms with Gasteiger partial charge in [0.2, 0.25) is 5.91 Å². The molecule has 0 bridgehead atoms. The topological polar surface area (TPSA) is 64.0 Å². The van der Waals surface area contributed by atoms with E-state index in [2.05, 4.69) is 12.2 Å². The Kier molecular flexibility index (Phi) is 7.47. The van der Waals surface area contributed by atoms with E-state index in [1.54, 1.807) is 10.6 Å². The average molecular weight is 478 g/mol. The van der Waals surface area contributed by atoms with Crippen molar-refractivity contribution in [2.45, 2.75) is 24.9 Å². The predicted molar refractivity (Wildman–Crippen MR) is 136 cm³/mol. The molecule has 1 heterocycles. The molecule has 0 unspecified atom stereocenters. The van der Waals surface area contributed by atoms with E-state index >= 15 is 0 Å². The highest BCUT2D eigenvalue weighted by Gasteiger charge is 2.15. The van der Waals surface area contributed by atoms with Crippen molar-refractivity contribution < 1.29 is 4.79 Å². The first-order valence-electron chi connectivity index (χ1n) is 10.8. The number of aryl methyl sites for hydroxylation is 1. The molecule has 0 aliphatic heterocycles. The molecule has 0 aliphatic rings. The Morgan fingerprint density at radius 2 is 1.70 bits per heavy atom. The van der Waals surface area contributed by atoms with E-state index in [0.717, 1.165) is 24.1 Å². The summed E-state index contributed by atoms with van der Waals surface area (Å²) in [4.78, 5) is 30.5. The van der Waals surface area contributed by atoms with Crippen LogP contribution >= 0.6 is 23.4 Å². The average Bonchev–Trinajstić information content (AvgIpc) is 2.84. The number of thioether (sulfide) groups is 1. The van der Waals surface area contributed by atoms with E-state index in [1.165, 1.54) is 17.3 Å². The number of amides is 1. The van der Waals surface area contributed by atoms with E-state index in [0.29, 0.717) is 27.6 Å². The highest BCUT2D eigenvalue weighted by molar-refractivity contribution is 7.99. The van der Waals surface area contributed by atoms with E-state index in [9.17, 15) is 9.59 Å². The van der Waals surface area contributed by atoms with Gasteiger partial charge >= 0.3 is 0 Å². The number of nitrogens with zero attached hydrogens (tertiary/aromatic N) is 2. The number of para-hydroxylation sites is 1. The summed E-state index contributed by atoms with van der Waals surface area (Å²) in [7, 11) is 0. The van der Waals surface area contributed by atoms with Crippen molar-refractivity contribution in [1.29, 1.82) is 0 Å². The predicted octanol–water partition coefficient (Wildman–Crippen LogP) is 5.05. The normalized spacial score (nSPS) is 11.0. The number of carbonyl (C=O) groups is 1. The first-order chi connectivity index (χ1) is 16.0. The third-order valence-electron chi connectivity index (χ3n) is 5.33. The molecule has 168 valence electrons. The Morgan fingerprint density at radius 3 is 2.42 bits per heavy atom. The van der Waals surface area contributed by atoms with Gasteiger partial charge in [0, 0.05) is 11.6 Å². The lowest BCUT2D eigenvalue weighted by atomic mass is 10.1. The van der Waals surface area contributed by atoms with Gasteiger partial charge in [-0.25, -0.2) is 4.98 Å². The Morgan fingerprint density at radius 1 is 1.00 bits per heavy atom. The molecule has 1 N–H and O–H groups in total. The summed E-state index contributed by atoms with van der Waals surface area (Å²) in [5, 5.41) is 4.67. The molecule has 7 heteroatoms. The van der Waals surface area contributed by atoms with Gasteiger partial charge in [0.05, 0.1) is 22.3 Å². The molecule has 0 atom stereocenters. The largest absolute Gasteiger partial charge is 0.355 e. The van der Waals surface area contributed by atoms with Gasteiger partial charge < -0.3 is 5.32 Å². The lowest BCUT2D eigenvalue weighted by Crippen LogP contribution is -2.28. The van der Waals surface area contributed by atoms with E-state index in [-0.39, 0.29) is 17.2 Å². The monoisotopic (exact) mass is 477 g/mol. The molecule has 0 fully saturated rings. The molecule has 0 aliphatic carbocycles. The Balaban J connectivity index is 1.51. The SMILES string of the molecule is CCc1ccc(-n2c(SCC(=O)NCCc3ccc(Cl)cc3)nc3ccccc3c2=O)cc1. The molecule has 1 aromatic heterocycles. The first-order valence-corrected chi connectivity index (χ1v) is 12.2. The summed E-state index contributed by atoms with van der Waals surface area (Å²) in [6, 6.07) is 22.7. The molecule has 4 aromatic rings. The molecule has 5 nitrogen and oxygen atoms in total. The maximum Gasteiger partial charge on any atom is 0.266 e. The number of halogens is 1. The van der Waals surface area contributed by atoms with Crippen LogP contribution in [0.3, 0.4) is 0 Å². The van der Waals surface area contributed by atoms with Gasteiger partial charge in [-0.1, -0.05) is 66.7 Å². The van der Waals surface area contributed by atoms with Crippen molar-refractivity contribution in [1.82, 2.24) is 14.9 Å². The van der Waals surface area contributed by atoms with Crippen LogP contribution < -0.4 is 10.9 Å². The quantitative estimate of drug-likeness (QED) is 0.285. The summed E-state index contributed by atoms with van der Waals surface area (Å²) in [5.41, 5.74) is 3.51. The zero-order valence-corrected chi connectivity index (χ0v) is 19.8. The number of rotatable bonds is 8. The fourth-order valence-corrected chi connectivity index (χ4v) is 4.46. The van der Waals surface area contributed by atoms with E-state index < -0.39 is 0 Å². The van der Waals surface area contributed by atoms with Crippen LogP contribution in [-0.2, 0) is 17.6 Å². The van der Waals surface area contributed by atoms with Crippen LogP contribution in [0.5, 0.6) is 0 Å². The van der Waals surface area contributed by atoms with Crippen molar-refractivity contribution >= 4 is 40.2 Å². The molecule has 33 heavy (non-hydrogen) atoms. The molecule has 0 saturated heterocycles. The number of fused-ring (bicyclic) bond motifs is 1. The van der Waals surface area contributed by atoms with Crippen LogP contribution in [0.25, 0.3) is 16.6 Å². The van der Waals surface area contributed by atoms with Crippen LogP contribution in [0, 0.1) is 0 Å². The highest BCUT2D eigenvalue weighted by Crippen LogP contribution is 2.21. The maximum absolute atomic E-state index is 13.3. The second kappa shape index (κ2) is 10.7. The van der Waals surface area contributed by atoms with E-state index in [1.807, 2.05) is 66.7 Å². The third-order valence-corrected chi connectivity index (χ3v) is 6.52. The summed E-state index contributed by atoms with van der Waals surface area (Å²) >= 11 is 7.17. The summed E-state index contributed by atoms with van der Waals surface area (Å²) in [6.45, 7) is 2.61. The Hall–Kier alpha value is -3.09. The van der Waals surface area contributed by atoms with Gasteiger partial charge in [0.25, 0.3) is 5.56 Å². The van der Waals surface area contributed by atoms with Crippen molar-refractivity contribution in [2.75, 3.05) is 12.3 Å². The van der Waals surface area contributed by atoms with E-state index in [4.69, 9.17) is 16.6 Å². The summed E-state index contributed by atoms with van der Waals surface area (Å²) in [5.74, 6) is 0.0579. The molecule has 0 spiro atoms. The molecule has 1 amide bonds. The smallest absolute Gasteiger partial charge is 0.266 e. The number of benzene rings is 3. The lowest BCUT2D eigenvalue weighted by molar-refractivity contribution is -0.118. The molecular formula is C26H24ClN3O2S. The number of hydrogen-bond acceptors (Lipinski definition) is 4. The minimum absolute atomic E-state index is 0.107. The van der Waals surface area contributed by atoms with Gasteiger partial charge in [-0.2, -0.15) is 0 Å². The molecular weight excluding hydrogens is 454 g/mol. The van der Waals surface area contributed by atoms with Gasteiger partial charge in [-0.05, 0) is 60.4 Å². The lowest BCUT2D eigenvalue weighted by Gasteiger charge is -2.13. The van der Waals surface area contributed by atoms with Crippen molar-refractivity contribution in [3.63, 3.8) is 0 Å². The highest BCUT2D eigenvalue weighted by atomic mass is 35.5. The zero-order chi connectivity index (χ0) is 23.2. The van der Waals surface area contributed by atoms with Crippen molar-refractivity contribution in [3.05, 3.63) is 99.3 Å². The summed E-state index contributed by atoms with van der Waals surface area (Å²) in [6.07, 6.45) is 1.64. The van der Waals surface area contributed by atoms with Crippen LogP contribution in [0.2, 0.25) is 5.02 Å². The van der Waals surface area contributed by atoms with Crippen LogP contribution in [0.4, 0.5) is 0 Å². The van der Waals surface area contributed by atoms with Crippen LogP contribution in [0.15, 0.2) is 82.7 Å². The Bertz CT molecular complexity index is 1320. The fourth-order valence-electron chi connectivity index (χ4n) is 3.50. The number of nitrogens with one attached hydrogen (secondary N) is 1. The fraction of sp³-hybridized carbons (Fsp3) is 0.192. The number of aromatic nitrogens is 2. The second-order valence-electron chi connectivity index (χ2n) is 7.59. The van der Waals surface area contributed by atoms with Gasteiger partial charge in [0.1, 0.15) is 0 Å². The maximum atomic E-state index is 13.3. The standard InChI is InChI=1S/C26H24ClN3O2S/c1-2-18-9-13-21(14-10-18)30-25(32)22-5-3-4-6-23(22)29-26(30)33-17-24(31)28-16-15-19-7-11-20(27)12-8-19/h3-14H,2,15-17H2,1H3,(H,28,31). The molecule has 0 saturated carbocycles. The summed E-state index contributed by atoms with van der Waals surface area (Å²) < 4.78 is 1.59. The van der Waals surface area contributed by atoms with Crippen molar-refractivity contribution in [3.8, 4) is 5.69 Å². The number of carbonyl (C=O) groups excluding carboxylic acids is 1. The molecule has 0 radical (unpaired) electrons.